The molecule has 98 valence electrons. The summed E-state index contributed by atoms with van der Waals surface area (Å²) >= 11 is 0. The summed E-state index contributed by atoms with van der Waals surface area (Å²) in [4.78, 5) is 4.31. The lowest BCUT2D eigenvalue weighted by atomic mass is 9.65. The molecule has 0 unspecified atom stereocenters. The van der Waals surface area contributed by atoms with Gasteiger partial charge in [0.2, 0.25) is 0 Å². The minimum Gasteiger partial charge on any atom is -0.489 e. The Hall–Kier alpha value is -1.09. The van der Waals surface area contributed by atoms with Crippen LogP contribution in [0, 0.1) is 0 Å². The van der Waals surface area contributed by atoms with Crippen molar-refractivity contribution in [3.63, 3.8) is 0 Å². The number of hydrogen-bond acceptors (Lipinski definition) is 3. The number of rotatable bonds is 3. The molecule has 2 heterocycles. The van der Waals surface area contributed by atoms with E-state index in [1.54, 1.807) is 0 Å². The van der Waals surface area contributed by atoms with Crippen LogP contribution in [0.3, 0.4) is 0 Å². The Bertz CT molecular complexity index is 416. The monoisotopic (exact) mass is 246 g/mol. The van der Waals surface area contributed by atoms with Crippen LogP contribution in [-0.4, -0.2) is 23.2 Å². The van der Waals surface area contributed by atoms with Crippen LogP contribution >= 0.6 is 0 Å². The molecule has 18 heavy (non-hydrogen) atoms. The van der Waals surface area contributed by atoms with Crippen molar-refractivity contribution in [1.29, 1.82) is 0 Å². The van der Waals surface area contributed by atoms with Crippen LogP contribution in [0.1, 0.15) is 51.0 Å². The molecule has 1 N–H and O–H groups in total. The predicted octanol–water partition coefficient (Wildman–Crippen LogP) is 2.87. The van der Waals surface area contributed by atoms with Gasteiger partial charge in [0, 0.05) is 11.7 Å². The number of ether oxygens (including phenoxy) is 1. The lowest BCUT2D eigenvalue weighted by Gasteiger charge is -2.45. The third-order valence-electron chi connectivity index (χ3n) is 4.18. The molecule has 2 fully saturated rings. The summed E-state index contributed by atoms with van der Waals surface area (Å²) in [6.07, 6.45) is 9.23. The summed E-state index contributed by atoms with van der Waals surface area (Å²) in [5, 5.41) is 3.66. The molecule has 3 heteroatoms. The Kier molecular flexibility index (Phi) is 3.02. The van der Waals surface area contributed by atoms with Crippen LogP contribution in [0.4, 0.5) is 0 Å². The molecule has 0 radical (unpaired) electrons. The van der Waals surface area contributed by atoms with Crippen LogP contribution in [-0.2, 0) is 0 Å². The first-order chi connectivity index (χ1) is 8.67. The van der Waals surface area contributed by atoms with Crippen LogP contribution in [0.25, 0.3) is 0 Å². The molecule has 0 aromatic carbocycles. The summed E-state index contributed by atoms with van der Waals surface area (Å²) in [5.74, 6) is 1.57. The van der Waals surface area contributed by atoms with Gasteiger partial charge in [-0.1, -0.05) is 0 Å². The second-order valence-corrected chi connectivity index (χ2v) is 6.04. The maximum Gasteiger partial charge on any atom is 0.138 e. The van der Waals surface area contributed by atoms with Gasteiger partial charge in [0.25, 0.3) is 0 Å². The Morgan fingerprint density at radius 1 is 1.39 bits per heavy atom. The number of nitrogens with zero attached hydrogens (tertiary/aromatic N) is 1. The van der Waals surface area contributed by atoms with Gasteiger partial charge in [0.15, 0.2) is 0 Å². The van der Waals surface area contributed by atoms with E-state index in [2.05, 4.69) is 16.4 Å². The van der Waals surface area contributed by atoms with Crippen LogP contribution in [0.15, 0.2) is 18.5 Å². The first-order valence-corrected chi connectivity index (χ1v) is 7.04. The van der Waals surface area contributed by atoms with Crippen LogP contribution in [0.5, 0.6) is 5.75 Å². The molecule has 0 amide bonds. The Morgan fingerprint density at radius 2 is 2.22 bits per heavy atom. The molecule has 1 aromatic rings. The number of aromatic nitrogens is 1. The summed E-state index contributed by atoms with van der Waals surface area (Å²) in [6, 6.07) is 2.17. The number of nitrogens with one attached hydrogen (secondary N) is 1. The van der Waals surface area contributed by atoms with Crippen LogP contribution < -0.4 is 10.1 Å². The minimum absolute atomic E-state index is 0.214. The summed E-state index contributed by atoms with van der Waals surface area (Å²) in [6.45, 7) is 5.29. The van der Waals surface area contributed by atoms with Crippen molar-refractivity contribution in [2.45, 2.75) is 57.1 Å². The highest BCUT2D eigenvalue weighted by Crippen LogP contribution is 2.49. The fraction of sp³-hybridized carbons (Fsp3) is 0.667. The van der Waals surface area contributed by atoms with Gasteiger partial charge in [-0.2, -0.15) is 0 Å². The Labute approximate surface area is 109 Å². The second kappa shape index (κ2) is 4.54. The van der Waals surface area contributed by atoms with Gasteiger partial charge in [-0.15, -0.1) is 0 Å². The molecule has 1 aliphatic carbocycles. The van der Waals surface area contributed by atoms with E-state index >= 15 is 0 Å². The zero-order valence-electron chi connectivity index (χ0n) is 11.3. The van der Waals surface area contributed by atoms with Gasteiger partial charge in [-0.05, 0) is 63.6 Å². The molecule has 2 aliphatic rings. The largest absolute Gasteiger partial charge is 0.489 e. The highest BCUT2D eigenvalue weighted by atomic mass is 16.5. The molecular formula is C15H22N2O. The standard InChI is InChI=1S/C15H22N2O/c1-11(2)18-14-6-12(9-16-10-14)13-7-15(8-13)4-3-5-17-15/h6,9-11,13,17H,3-5,7-8H2,1-2H3. The third-order valence-corrected chi connectivity index (χ3v) is 4.18. The molecule has 1 saturated heterocycles. The molecule has 3 rings (SSSR count). The highest BCUT2D eigenvalue weighted by molar-refractivity contribution is 5.30. The van der Waals surface area contributed by atoms with Crippen molar-refractivity contribution in [3.8, 4) is 5.75 Å². The fourth-order valence-corrected chi connectivity index (χ4v) is 3.33. The molecule has 1 saturated carbocycles. The van der Waals surface area contributed by atoms with Gasteiger partial charge in [-0.3, -0.25) is 4.98 Å². The normalized spacial score (nSPS) is 30.7. The molecule has 1 spiro atoms. The lowest BCUT2D eigenvalue weighted by Crippen LogP contribution is -2.50. The molecule has 0 atom stereocenters. The second-order valence-electron chi connectivity index (χ2n) is 6.04. The average molecular weight is 246 g/mol. The van der Waals surface area contributed by atoms with Gasteiger partial charge < -0.3 is 10.1 Å². The molecule has 1 aromatic heterocycles. The van der Waals surface area contributed by atoms with E-state index in [0.717, 1.165) is 5.75 Å². The van der Waals surface area contributed by atoms with Gasteiger partial charge in [0.1, 0.15) is 5.75 Å². The van der Waals surface area contributed by atoms with E-state index in [0.29, 0.717) is 11.5 Å². The van der Waals surface area contributed by atoms with E-state index in [9.17, 15) is 0 Å². The van der Waals surface area contributed by atoms with Gasteiger partial charge in [0.05, 0.1) is 12.3 Å². The highest BCUT2D eigenvalue weighted by Gasteiger charge is 2.46. The van der Waals surface area contributed by atoms with Gasteiger partial charge in [-0.25, -0.2) is 0 Å². The summed E-state index contributed by atoms with van der Waals surface area (Å²) in [7, 11) is 0. The molecule has 0 bridgehead atoms. The number of pyridine rings is 1. The minimum atomic E-state index is 0.214. The Morgan fingerprint density at radius 3 is 2.89 bits per heavy atom. The SMILES string of the molecule is CC(C)Oc1cncc(C2CC3(CCCN3)C2)c1. The van der Waals surface area contributed by atoms with Crippen LogP contribution in [0.2, 0.25) is 0 Å². The molecular weight excluding hydrogens is 224 g/mol. The number of hydrogen-bond donors (Lipinski definition) is 1. The van der Waals surface area contributed by atoms with Crippen molar-refractivity contribution < 1.29 is 4.74 Å². The quantitative estimate of drug-likeness (QED) is 0.890. The van der Waals surface area contributed by atoms with Crippen molar-refractivity contribution in [2.75, 3.05) is 6.54 Å². The van der Waals surface area contributed by atoms with Gasteiger partial charge >= 0.3 is 0 Å². The molecule has 1 aliphatic heterocycles. The van der Waals surface area contributed by atoms with E-state index < -0.39 is 0 Å². The van der Waals surface area contributed by atoms with E-state index in [1.165, 1.54) is 37.8 Å². The van der Waals surface area contributed by atoms with E-state index in [-0.39, 0.29) is 6.10 Å². The zero-order chi connectivity index (χ0) is 12.6. The smallest absolute Gasteiger partial charge is 0.138 e. The van der Waals surface area contributed by atoms with Crippen molar-refractivity contribution in [1.82, 2.24) is 10.3 Å². The summed E-state index contributed by atoms with van der Waals surface area (Å²) in [5.41, 5.74) is 1.80. The van der Waals surface area contributed by atoms with Crippen molar-refractivity contribution >= 4 is 0 Å². The zero-order valence-corrected chi connectivity index (χ0v) is 11.3. The fourth-order valence-electron chi connectivity index (χ4n) is 3.33. The third kappa shape index (κ3) is 2.24. The van der Waals surface area contributed by atoms with Crippen molar-refractivity contribution in [3.05, 3.63) is 24.0 Å². The summed E-state index contributed by atoms with van der Waals surface area (Å²) < 4.78 is 5.71. The first kappa shape index (κ1) is 12.0. The van der Waals surface area contributed by atoms with E-state index in [4.69, 9.17) is 4.74 Å². The first-order valence-electron chi connectivity index (χ1n) is 7.04. The molecule has 3 nitrogen and oxygen atoms in total. The van der Waals surface area contributed by atoms with Crippen molar-refractivity contribution in [2.24, 2.45) is 0 Å². The Balaban J connectivity index is 1.66. The maximum atomic E-state index is 5.71. The maximum absolute atomic E-state index is 5.71. The van der Waals surface area contributed by atoms with E-state index in [1.807, 2.05) is 26.2 Å². The average Bonchev–Trinajstić information content (AvgIpc) is 2.75. The topological polar surface area (TPSA) is 34.1 Å². The predicted molar refractivity (Wildman–Crippen MR) is 71.9 cm³/mol. The lowest BCUT2D eigenvalue weighted by molar-refractivity contribution is 0.177.